The maximum Gasteiger partial charge on any atom is 0.253 e. The highest BCUT2D eigenvalue weighted by molar-refractivity contribution is 6.68. The molecule has 0 unspecified atom stereocenters. The highest BCUT2D eigenvalue weighted by Gasteiger charge is 2.05. The molecule has 0 N–H and O–H groups in total. The number of nitriles is 1. The summed E-state index contributed by atoms with van der Waals surface area (Å²) >= 11 is 10.6. The maximum absolute atomic E-state index is 10.6. The molecule has 0 radical (unpaired) electrons. The molecule has 4 heteroatoms. The van der Waals surface area contributed by atoms with Gasteiger partial charge in [-0.05, 0) is 30.2 Å². The smallest absolute Gasteiger partial charge is 0.253 e. The normalized spacial score (nSPS) is 8.82. The van der Waals surface area contributed by atoms with Crippen LogP contribution in [0.2, 0.25) is 0 Å². The summed E-state index contributed by atoms with van der Waals surface area (Å²) in [7, 11) is 0. The van der Waals surface area contributed by atoms with Gasteiger partial charge in [0.1, 0.15) is 0 Å². The van der Waals surface area contributed by atoms with Crippen LogP contribution < -0.4 is 0 Å². The van der Waals surface area contributed by atoms with Gasteiger partial charge in [-0.2, -0.15) is 5.26 Å². The van der Waals surface area contributed by atoms with Crippen LogP contribution in [0.5, 0.6) is 0 Å². The van der Waals surface area contributed by atoms with Crippen LogP contribution in [0.3, 0.4) is 0 Å². The fraction of sp³-hybridized carbons (Fsp3) is 0.385. The fourth-order valence-electron chi connectivity index (χ4n) is 1.10. The summed E-state index contributed by atoms with van der Waals surface area (Å²) in [6.07, 6.45) is 3.73. The van der Waals surface area contributed by atoms with E-state index in [4.69, 9.17) is 28.5 Å². The molecule has 0 saturated heterocycles. The number of rotatable bonds is 4. The van der Waals surface area contributed by atoms with Gasteiger partial charge in [-0.15, -0.1) is 11.6 Å². The van der Waals surface area contributed by atoms with Crippen LogP contribution >= 0.6 is 23.2 Å². The van der Waals surface area contributed by atoms with Crippen LogP contribution in [0.25, 0.3) is 0 Å². The first-order valence-corrected chi connectivity index (χ1v) is 6.33. The quantitative estimate of drug-likeness (QED) is 0.464. The number of unbranched alkanes of at least 4 members (excludes halogenated alkanes) is 2. The molecule has 0 aromatic heterocycles. The number of hydrogen-bond acceptors (Lipinski definition) is 2. The average Bonchev–Trinajstić information content (AvgIpc) is 2.37. The second kappa shape index (κ2) is 10.1. The van der Waals surface area contributed by atoms with Crippen molar-refractivity contribution in [1.29, 1.82) is 5.26 Å². The molecule has 1 aromatic carbocycles. The largest absolute Gasteiger partial charge is 0.276 e. The first-order valence-electron chi connectivity index (χ1n) is 5.42. The van der Waals surface area contributed by atoms with E-state index in [1.54, 1.807) is 18.2 Å². The van der Waals surface area contributed by atoms with Gasteiger partial charge in [0.25, 0.3) is 5.24 Å². The SMILES string of the molecule is CCCCCCl.N#Cc1ccccc1C(=O)Cl. The number of carbonyl (C=O) groups excluding carboxylic acids is 1. The summed E-state index contributed by atoms with van der Waals surface area (Å²) in [6.45, 7) is 2.17. The summed E-state index contributed by atoms with van der Waals surface area (Å²) in [5, 5.41) is 7.91. The lowest BCUT2D eigenvalue weighted by Gasteiger charge is -1.93. The Labute approximate surface area is 112 Å². The van der Waals surface area contributed by atoms with Gasteiger partial charge in [0.15, 0.2) is 0 Å². The Bertz CT molecular complexity index is 381. The molecule has 2 nitrogen and oxygen atoms in total. The highest BCUT2D eigenvalue weighted by Crippen LogP contribution is 2.09. The lowest BCUT2D eigenvalue weighted by Crippen LogP contribution is -1.92. The van der Waals surface area contributed by atoms with Crippen molar-refractivity contribution < 1.29 is 4.79 Å². The summed E-state index contributed by atoms with van der Waals surface area (Å²) in [4.78, 5) is 10.6. The molecule has 0 amide bonds. The van der Waals surface area contributed by atoms with E-state index in [0.29, 0.717) is 5.56 Å². The topological polar surface area (TPSA) is 40.9 Å². The predicted molar refractivity (Wildman–Crippen MR) is 71.6 cm³/mol. The van der Waals surface area contributed by atoms with Crippen molar-refractivity contribution in [2.75, 3.05) is 5.88 Å². The summed E-state index contributed by atoms with van der Waals surface area (Å²) in [5.41, 5.74) is 0.573. The molecular weight excluding hydrogens is 257 g/mol. The third kappa shape index (κ3) is 6.99. The molecule has 0 aliphatic carbocycles. The molecular formula is C13H15Cl2NO. The zero-order valence-electron chi connectivity index (χ0n) is 9.75. The minimum absolute atomic E-state index is 0.261. The van der Waals surface area contributed by atoms with Crippen molar-refractivity contribution in [3.8, 4) is 6.07 Å². The van der Waals surface area contributed by atoms with E-state index < -0.39 is 5.24 Å². The van der Waals surface area contributed by atoms with Crippen molar-refractivity contribution >= 4 is 28.4 Å². The standard InChI is InChI=1S/C8H4ClNO.C5H11Cl/c9-8(11)7-4-2-1-3-6(7)5-10;1-2-3-4-5-6/h1-4H;2-5H2,1H3. The Morgan fingerprint density at radius 1 is 1.35 bits per heavy atom. The van der Waals surface area contributed by atoms with Crippen LogP contribution in [0, 0.1) is 11.3 Å². The molecule has 1 aromatic rings. The van der Waals surface area contributed by atoms with E-state index in [-0.39, 0.29) is 5.56 Å². The van der Waals surface area contributed by atoms with Crippen molar-refractivity contribution in [2.24, 2.45) is 0 Å². The predicted octanol–water partition coefficient (Wildman–Crippen LogP) is 4.35. The zero-order valence-corrected chi connectivity index (χ0v) is 11.3. The van der Waals surface area contributed by atoms with Gasteiger partial charge < -0.3 is 0 Å². The van der Waals surface area contributed by atoms with E-state index in [0.717, 1.165) is 5.88 Å². The minimum atomic E-state index is -0.595. The van der Waals surface area contributed by atoms with E-state index in [1.807, 2.05) is 6.07 Å². The monoisotopic (exact) mass is 271 g/mol. The molecule has 0 fully saturated rings. The molecule has 1 rings (SSSR count). The van der Waals surface area contributed by atoms with Crippen LogP contribution in [-0.2, 0) is 0 Å². The van der Waals surface area contributed by atoms with Crippen molar-refractivity contribution in [3.05, 3.63) is 35.4 Å². The number of carbonyl (C=O) groups is 1. The van der Waals surface area contributed by atoms with E-state index >= 15 is 0 Å². The Kier molecular flexibility index (Phi) is 9.52. The van der Waals surface area contributed by atoms with Gasteiger partial charge in [0, 0.05) is 5.88 Å². The molecule has 0 heterocycles. The fourth-order valence-corrected chi connectivity index (χ4v) is 1.45. The number of nitrogens with zero attached hydrogens (tertiary/aromatic N) is 1. The van der Waals surface area contributed by atoms with E-state index in [9.17, 15) is 4.79 Å². The number of alkyl halides is 1. The second-order valence-corrected chi connectivity index (χ2v) is 4.05. The van der Waals surface area contributed by atoms with Crippen LogP contribution in [-0.4, -0.2) is 11.1 Å². The molecule has 92 valence electrons. The van der Waals surface area contributed by atoms with E-state index in [1.165, 1.54) is 25.3 Å². The average molecular weight is 272 g/mol. The van der Waals surface area contributed by atoms with Gasteiger partial charge >= 0.3 is 0 Å². The molecule has 17 heavy (non-hydrogen) atoms. The van der Waals surface area contributed by atoms with Crippen LogP contribution in [0.15, 0.2) is 24.3 Å². The van der Waals surface area contributed by atoms with Crippen LogP contribution in [0.1, 0.15) is 42.1 Å². The summed E-state index contributed by atoms with van der Waals surface area (Å²) < 4.78 is 0. The van der Waals surface area contributed by atoms with Gasteiger partial charge in [0.05, 0.1) is 17.2 Å². The minimum Gasteiger partial charge on any atom is -0.276 e. The molecule has 0 spiro atoms. The van der Waals surface area contributed by atoms with Crippen molar-refractivity contribution in [2.45, 2.75) is 26.2 Å². The lowest BCUT2D eigenvalue weighted by atomic mass is 10.1. The van der Waals surface area contributed by atoms with Crippen molar-refractivity contribution in [1.82, 2.24) is 0 Å². The lowest BCUT2D eigenvalue weighted by molar-refractivity contribution is 0.108. The number of benzene rings is 1. The maximum atomic E-state index is 10.6. The van der Waals surface area contributed by atoms with Gasteiger partial charge in [0.2, 0.25) is 0 Å². The molecule has 0 aliphatic rings. The second-order valence-electron chi connectivity index (χ2n) is 3.33. The summed E-state index contributed by atoms with van der Waals surface area (Å²) in [6, 6.07) is 8.29. The molecule has 0 bridgehead atoms. The number of hydrogen-bond donors (Lipinski definition) is 0. The third-order valence-electron chi connectivity index (χ3n) is 2.00. The molecule has 0 saturated carbocycles. The van der Waals surface area contributed by atoms with Gasteiger partial charge in [-0.1, -0.05) is 31.9 Å². The molecule has 0 aliphatic heterocycles. The summed E-state index contributed by atoms with van der Waals surface area (Å²) in [5.74, 6) is 0.827. The Hall–Kier alpha value is -1.04. The Morgan fingerprint density at radius 2 is 2.00 bits per heavy atom. The number of halogens is 2. The first-order chi connectivity index (χ1) is 8.17. The van der Waals surface area contributed by atoms with Crippen LogP contribution in [0.4, 0.5) is 0 Å². The van der Waals surface area contributed by atoms with Gasteiger partial charge in [-0.3, -0.25) is 4.79 Å². The first kappa shape index (κ1) is 16.0. The van der Waals surface area contributed by atoms with Crippen molar-refractivity contribution in [3.63, 3.8) is 0 Å². The Morgan fingerprint density at radius 3 is 2.35 bits per heavy atom. The Balaban J connectivity index is 0.000000366. The highest BCUT2D eigenvalue weighted by atomic mass is 35.5. The van der Waals surface area contributed by atoms with Gasteiger partial charge in [-0.25, -0.2) is 0 Å². The zero-order chi connectivity index (χ0) is 13.1. The molecule has 0 atom stereocenters. The van der Waals surface area contributed by atoms with E-state index in [2.05, 4.69) is 6.92 Å². The third-order valence-corrected chi connectivity index (χ3v) is 2.47.